The fourth-order valence-electron chi connectivity index (χ4n) is 2.82. The number of aliphatic hydroxyl groups is 1. The molecule has 3 nitrogen and oxygen atoms in total. The second-order valence-electron chi connectivity index (χ2n) is 4.87. The van der Waals surface area contributed by atoms with Crippen LogP contribution < -0.4 is 0 Å². The zero-order valence-electron chi connectivity index (χ0n) is 9.65. The van der Waals surface area contributed by atoms with E-state index in [1.54, 1.807) is 4.90 Å². The average Bonchev–Trinajstić information content (AvgIpc) is 2.55. The molecule has 1 aliphatic carbocycles. The van der Waals surface area contributed by atoms with Crippen molar-refractivity contribution in [2.24, 2.45) is 0 Å². The first-order valence-corrected chi connectivity index (χ1v) is 5.93. The van der Waals surface area contributed by atoms with Crippen molar-refractivity contribution in [3.05, 3.63) is 42.0 Å². The van der Waals surface area contributed by atoms with Crippen molar-refractivity contribution in [3.63, 3.8) is 0 Å². The molecule has 1 aliphatic heterocycles. The summed E-state index contributed by atoms with van der Waals surface area (Å²) in [4.78, 5) is 14.1. The first-order valence-electron chi connectivity index (χ1n) is 5.93. The van der Waals surface area contributed by atoms with E-state index >= 15 is 0 Å². The minimum absolute atomic E-state index is 0.0145. The summed E-state index contributed by atoms with van der Waals surface area (Å²) in [5.41, 5.74) is 1.95. The normalized spacial score (nSPS) is 21.4. The van der Waals surface area contributed by atoms with Crippen LogP contribution in [0.4, 0.5) is 0 Å². The SMILES string of the molecule is C=C1c2ccccc2C(=O)N1C1(CO)CCC1. The Kier molecular flexibility index (Phi) is 2.13. The van der Waals surface area contributed by atoms with E-state index in [0.29, 0.717) is 5.56 Å². The van der Waals surface area contributed by atoms with Crippen molar-refractivity contribution in [1.82, 2.24) is 4.90 Å². The van der Waals surface area contributed by atoms with Gasteiger partial charge in [0.25, 0.3) is 5.91 Å². The second-order valence-corrected chi connectivity index (χ2v) is 4.87. The van der Waals surface area contributed by atoms with Crippen LogP contribution in [0, 0.1) is 0 Å². The zero-order chi connectivity index (χ0) is 12.0. The van der Waals surface area contributed by atoms with Gasteiger partial charge < -0.3 is 5.11 Å². The maximum atomic E-state index is 12.4. The quantitative estimate of drug-likeness (QED) is 0.843. The summed E-state index contributed by atoms with van der Waals surface area (Å²) in [6, 6.07) is 7.51. The second kappa shape index (κ2) is 3.44. The summed E-state index contributed by atoms with van der Waals surface area (Å²) in [5, 5.41) is 9.58. The Morgan fingerprint density at radius 3 is 2.41 bits per heavy atom. The van der Waals surface area contributed by atoms with Gasteiger partial charge in [-0.1, -0.05) is 24.8 Å². The van der Waals surface area contributed by atoms with Crippen molar-refractivity contribution < 1.29 is 9.90 Å². The number of amides is 1. The number of hydrogen-bond donors (Lipinski definition) is 1. The molecule has 1 aromatic carbocycles. The fraction of sp³-hybridized carbons (Fsp3) is 0.357. The van der Waals surface area contributed by atoms with Crippen LogP contribution in [0.1, 0.15) is 35.2 Å². The van der Waals surface area contributed by atoms with Crippen molar-refractivity contribution in [1.29, 1.82) is 0 Å². The van der Waals surface area contributed by atoms with Crippen molar-refractivity contribution in [2.75, 3.05) is 6.61 Å². The molecule has 1 fully saturated rings. The smallest absolute Gasteiger partial charge is 0.259 e. The van der Waals surface area contributed by atoms with Crippen LogP contribution in [0.25, 0.3) is 5.70 Å². The molecule has 0 bridgehead atoms. The summed E-state index contributed by atoms with van der Waals surface area (Å²) in [5.74, 6) is -0.0145. The highest BCUT2D eigenvalue weighted by Gasteiger charge is 2.49. The maximum absolute atomic E-state index is 12.4. The van der Waals surface area contributed by atoms with Crippen LogP contribution in [-0.2, 0) is 0 Å². The number of nitrogens with zero attached hydrogens (tertiary/aromatic N) is 1. The first kappa shape index (κ1) is 10.5. The van der Waals surface area contributed by atoms with E-state index < -0.39 is 5.54 Å². The molecule has 3 heteroatoms. The Hall–Kier alpha value is -1.61. The highest BCUT2D eigenvalue weighted by atomic mass is 16.3. The van der Waals surface area contributed by atoms with E-state index in [4.69, 9.17) is 0 Å². The molecule has 0 radical (unpaired) electrons. The Labute approximate surface area is 100 Å². The molecular weight excluding hydrogens is 214 g/mol. The monoisotopic (exact) mass is 229 g/mol. The molecule has 17 heavy (non-hydrogen) atoms. The van der Waals surface area contributed by atoms with Gasteiger partial charge in [-0.3, -0.25) is 9.69 Å². The molecule has 1 aromatic rings. The third kappa shape index (κ3) is 1.23. The van der Waals surface area contributed by atoms with Gasteiger partial charge in [-0.2, -0.15) is 0 Å². The third-order valence-electron chi connectivity index (χ3n) is 3.99. The summed E-state index contributed by atoms with van der Waals surface area (Å²) in [6.45, 7) is 4.04. The molecule has 0 unspecified atom stereocenters. The molecule has 3 rings (SSSR count). The summed E-state index contributed by atoms with van der Waals surface area (Å²) in [7, 11) is 0. The first-order chi connectivity index (χ1) is 8.19. The molecular formula is C14H15NO2. The van der Waals surface area contributed by atoms with Crippen LogP contribution in [-0.4, -0.2) is 28.1 Å². The average molecular weight is 229 g/mol. The lowest BCUT2D eigenvalue weighted by Crippen LogP contribution is -2.55. The molecule has 1 amide bonds. The number of fused-ring (bicyclic) bond motifs is 1. The fourth-order valence-corrected chi connectivity index (χ4v) is 2.82. The van der Waals surface area contributed by atoms with E-state index in [2.05, 4.69) is 6.58 Å². The highest BCUT2D eigenvalue weighted by molar-refractivity contribution is 6.09. The minimum atomic E-state index is -0.396. The summed E-state index contributed by atoms with van der Waals surface area (Å²) >= 11 is 0. The summed E-state index contributed by atoms with van der Waals surface area (Å²) < 4.78 is 0. The van der Waals surface area contributed by atoms with E-state index in [9.17, 15) is 9.90 Å². The van der Waals surface area contributed by atoms with Crippen LogP contribution >= 0.6 is 0 Å². The van der Waals surface area contributed by atoms with Gasteiger partial charge in [0.15, 0.2) is 0 Å². The number of hydrogen-bond acceptors (Lipinski definition) is 2. The Morgan fingerprint density at radius 2 is 1.94 bits per heavy atom. The van der Waals surface area contributed by atoms with Crippen LogP contribution in [0.5, 0.6) is 0 Å². The van der Waals surface area contributed by atoms with Gasteiger partial charge in [0.1, 0.15) is 0 Å². The lowest BCUT2D eigenvalue weighted by atomic mass is 9.75. The number of rotatable bonds is 2. The van der Waals surface area contributed by atoms with Gasteiger partial charge in [-0.25, -0.2) is 0 Å². The molecule has 0 spiro atoms. The largest absolute Gasteiger partial charge is 0.394 e. The van der Waals surface area contributed by atoms with E-state index in [-0.39, 0.29) is 12.5 Å². The molecule has 1 saturated carbocycles. The molecule has 0 atom stereocenters. The maximum Gasteiger partial charge on any atom is 0.259 e. The standard InChI is InChI=1S/C14H15NO2/c1-10-11-5-2-3-6-12(11)13(17)15(10)14(9-16)7-4-8-14/h2-3,5-6,16H,1,4,7-9H2. The predicted octanol–water partition coefficient (Wildman–Crippen LogP) is 2.03. The van der Waals surface area contributed by atoms with Crippen LogP contribution in [0.2, 0.25) is 0 Å². The van der Waals surface area contributed by atoms with Gasteiger partial charge in [0, 0.05) is 16.8 Å². The van der Waals surface area contributed by atoms with E-state index in [1.807, 2.05) is 24.3 Å². The van der Waals surface area contributed by atoms with Crippen molar-refractivity contribution in [3.8, 4) is 0 Å². The van der Waals surface area contributed by atoms with Crippen molar-refractivity contribution >= 4 is 11.6 Å². The molecule has 2 aliphatic rings. The van der Waals surface area contributed by atoms with E-state index in [1.165, 1.54) is 0 Å². The lowest BCUT2D eigenvalue weighted by Gasteiger charge is -2.47. The van der Waals surface area contributed by atoms with Gasteiger partial charge in [-0.05, 0) is 25.3 Å². The Bertz CT molecular complexity index is 462. The Balaban J connectivity index is 2.06. The van der Waals surface area contributed by atoms with Gasteiger partial charge in [-0.15, -0.1) is 0 Å². The van der Waals surface area contributed by atoms with Gasteiger partial charge in [0.2, 0.25) is 0 Å². The molecule has 0 aromatic heterocycles. The lowest BCUT2D eigenvalue weighted by molar-refractivity contribution is 0.0128. The van der Waals surface area contributed by atoms with Gasteiger partial charge in [0.05, 0.1) is 12.1 Å². The highest BCUT2D eigenvalue weighted by Crippen LogP contribution is 2.45. The number of benzene rings is 1. The number of aliphatic hydroxyl groups excluding tert-OH is 1. The molecule has 1 N–H and O–H groups in total. The number of carbonyl (C=O) groups is 1. The summed E-state index contributed by atoms with van der Waals surface area (Å²) in [6.07, 6.45) is 2.79. The van der Waals surface area contributed by atoms with Crippen molar-refractivity contribution in [2.45, 2.75) is 24.8 Å². The predicted molar refractivity (Wildman–Crippen MR) is 65.3 cm³/mol. The topological polar surface area (TPSA) is 40.5 Å². The van der Waals surface area contributed by atoms with Gasteiger partial charge >= 0.3 is 0 Å². The zero-order valence-corrected chi connectivity index (χ0v) is 9.65. The van der Waals surface area contributed by atoms with Crippen LogP contribution in [0.15, 0.2) is 30.8 Å². The molecule has 0 saturated heterocycles. The minimum Gasteiger partial charge on any atom is -0.394 e. The Morgan fingerprint density at radius 1 is 1.29 bits per heavy atom. The molecule has 1 heterocycles. The molecule has 88 valence electrons. The van der Waals surface area contributed by atoms with E-state index in [0.717, 1.165) is 30.5 Å². The third-order valence-corrected chi connectivity index (χ3v) is 3.99. The van der Waals surface area contributed by atoms with Crippen LogP contribution in [0.3, 0.4) is 0 Å². The number of carbonyl (C=O) groups excluding carboxylic acids is 1.